The van der Waals surface area contributed by atoms with Crippen LogP contribution in [0.3, 0.4) is 0 Å². The summed E-state index contributed by atoms with van der Waals surface area (Å²) in [5.41, 5.74) is 2.62. The number of methoxy groups -OCH3 is 2. The predicted octanol–water partition coefficient (Wildman–Crippen LogP) is 5.03. The summed E-state index contributed by atoms with van der Waals surface area (Å²) in [6.45, 7) is 4.74. The summed E-state index contributed by atoms with van der Waals surface area (Å²) in [4.78, 5) is 21.1. The lowest BCUT2D eigenvalue weighted by Gasteiger charge is -2.37. The van der Waals surface area contributed by atoms with Gasteiger partial charge in [0.25, 0.3) is 0 Å². The number of fused-ring (bicyclic) bond motifs is 1. The number of halogens is 2. The van der Waals surface area contributed by atoms with E-state index in [1.807, 2.05) is 20.3 Å². The van der Waals surface area contributed by atoms with Gasteiger partial charge in [0.15, 0.2) is 23.1 Å². The average molecular weight is 577 g/mol. The summed E-state index contributed by atoms with van der Waals surface area (Å²) in [6.07, 6.45) is 7.11. The van der Waals surface area contributed by atoms with Gasteiger partial charge in [0, 0.05) is 47.5 Å². The van der Waals surface area contributed by atoms with Gasteiger partial charge in [-0.25, -0.2) is 13.6 Å². The number of rotatable bonds is 10. The van der Waals surface area contributed by atoms with Crippen molar-refractivity contribution in [3.63, 3.8) is 0 Å². The van der Waals surface area contributed by atoms with Crippen molar-refractivity contribution >= 4 is 36.0 Å². The van der Waals surface area contributed by atoms with Crippen LogP contribution in [-0.2, 0) is 24.4 Å². The maximum Gasteiger partial charge on any atom is 0.329 e. The zero-order chi connectivity index (χ0) is 30.0. The van der Waals surface area contributed by atoms with Gasteiger partial charge in [-0.15, -0.1) is 5.98 Å². The van der Waals surface area contributed by atoms with Crippen LogP contribution in [0, 0.1) is 17.0 Å². The molecule has 219 valence electrons. The molecule has 1 fully saturated rings. The number of anilines is 2. The van der Waals surface area contributed by atoms with Gasteiger partial charge in [0.05, 0.1) is 57.5 Å². The van der Waals surface area contributed by atoms with Crippen molar-refractivity contribution in [1.82, 2.24) is 14.8 Å². The van der Waals surface area contributed by atoms with Crippen molar-refractivity contribution in [3.05, 3.63) is 65.2 Å². The molecular weight excluding hydrogens is 545 g/mol. The molecule has 1 saturated heterocycles. The number of hydrogen-bond acceptors (Lipinski definition) is 7. The molecule has 0 bridgehead atoms. The fraction of sp³-hybridized carbons (Fsp3) is 0.379. The fourth-order valence-corrected chi connectivity index (χ4v) is 5.25. The van der Waals surface area contributed by atoms with Crippen LogP contribution in [-0.4, -0.2) is 60.7 Å². The Morgan fingerprint density at radius 3 is 2.57 bits per heavy atom. The topological polar surface area (TPSA) is 106 Å². The van der Waals surface area contributed by atoms with Gasteiger partial charge in [-0.3, -0.25) is 19.5 Å². The normalized spacial score (nSPS) is 17.0. The molecule has 0 spiro atoms. The first-order valence-corrected chi connectivity index (χ1v) is 13.6. The number of pyridine rings is 1. The number of carbonyl (C=O) groups excluding carboxylic acids is 1. The van der Waals surface area contributed by atoms with E-state index in [0.29, 0.717) is 34.8 Å². The molecule has 3 aromatic rings. The van der Waals surface area contributed by atoms with Gasteiger partial charge in [-0.05, 0) is 25.8 Å². The molecule has 1 aromatic carbocycles. The molecule has 42 heavy (non-hydrogen) atoms. The van der Waals surface area contributed by atoms with E-state index < -0.39 is 23.4 Å². The lowest BCUT2D eigenvalue weighted by Crippen LogP contribution is -2.47. The molecule has 2 amide bonds. The van der Waals surface area contributed by atoms with E-state index in [9.17, 15) is 4.79 Å². The predicted molar refractivity (Wildman–Crippen MR) is 156 cm³/mol. The van der Waals surface area contributed by atoms with Crippen LogP contribution in [0.5, 0.6) is 11.5 Å². The SMILES string of the molecule is C[B]/C=C(\C(C)=N)c1cc2c(cn1)CN(c1c(F)c(OC)cc(OC)c1F)C(=O)N2Cc1cnn(CC2CCCO2)c1. The Balaban J connectivity index is 1.58. The lowest BCUT2D eigenvalue weighted by molar-refractivity contribution is 0.0940. The number of allylic oxidation sites excluding steroid dienone is 1. The third kappa shape index (κ3) is 5.60. The summed E-state index contributed by atoms with van der Waals surface area (Å²) in [6, 6.07) is 2.18. The van der Waals surface area contributed by atoms with E-state index in [0.717, 1.165) is 36.0 Å². The molecule has 2 aromatic heterocycles. The minimum absolute atomic E-state index is 0.0736. The molecule has 0 saturated carbocycles. The molecule has 1 radical (unpaired) electrons. The first-order valence-electron chi connectivity index (χ1n) is 13.6. The Labute approximate surface area is 243 Å². The largest absolute Gasteiger partial charge is 0.493 e. The number of amides is 2. The highest BCUT2D eigenvalue weighted by Crippen LogP contribution is 2.41. The van der Waals surface area contributed by atoms with Gasteiger partial charge >= 0.3 is 6.03 Å². The van der Waals surface area contributed by atoms with Crippen LogP contribution >= 0.6 is 0 Å². The number of urea groups is 1. The number of hydrogen-bond donors (Lipinski definition) is 1. The quantitative estimate of drug-likeness (QED) is 0.268. The van der Waals surface area contributed by atoms with Crippen molar-refractivity contribution in [2.24, 2.45) is 0 Å². The Bertz CT molecular complexity index is 1510. The Morgan fingerprint density at radius 2 is 1.95 bits per heavy atom. The molecule has 13 heteroatoms. The van der Waals surface area contributed by atoms with E-state index in [1.54, 1.807) is 36.0 Å². The zero-order valence-corrected chi connectivity index (χ0v) is 24.0. The number of nitrogens with one attached hydrogen (secondary N) is 1. The summed E-state index contributed by atoms with van der Waals surface area (Å²) in [7, 11) is 4.31. The van der Waals surface area contributed by atoms with Crippen molar-refractivity contribution < 1.29 is 27.8 Å². The number of ether oxygens (including phenoxy) is 3. The highest BCUT2D eigenvalue weighted by atomic mass is 19.1. The molecular formula is C29H32BF2N6O4. The average Bonchev–Trinajstić information content (AvgIpc) is 3.66. The monoisotopic (exact) mass is 577 g/mol. The maximum atomic E-state index is 15.6. The first kappa shape index (κ1) is 29.2. The summed E-state index contributed by atoms with van der Waals surface area (Å²) >= 11 is 0. The van der Waals surface area contributed by atoms with Crippen molar-refractivity contribution in [1.29, 1.82) is 5.41 Å². The minimum Gasteiger partial charge on any atom is -0.493 e. The van der Waals surface area contributed by atoms with Crippen LogP contribution in [0.15, 0.2) is 36.7 Å². The number of aromatic nitrogens is 3. The second-order valence-corrected chi connectivity index (χ2v) is 10.2. The number of nitrogens with zero attached hydrogens (tertiary/aromatic N) is 5. The Hall–Kier alpha value is -4.26. The van der Waals surface area contributed by atoms with Crippen LogP contribution in [0.25, 0.3) is 5.57 Å². The highest BCUT2D eigenvalue weighted by molar-refractivity contribution is 6.45. The summed E-state index contributed by atoms with van der Waals surface area (Å²) < 4.78 is 48.9. The number of carbonyl (C=O) groups is 1. The molecule has 10 nitrogen and oxygen atoms in total. The fourth-order valence-electron chi connectivity index (χ4n) is 5.25. The Morgan fingerprint density at radius 1 is 1.21 bits per heavy atom. The lowest BCUT2D eigenvalue weighted by atomic mass is 9.79. The van der Waals surface area contributed by atoms with Crippen molar-refractivity contribution in [2.45, 2.75) is 52.3 Å². The molecule has 0 aliphatic carbocycles. The maximum absolute atomic E-state index is 15.6. The van der Waals surface area contributed by atoms with Gasteiger partial charge in [0.2, 0.25) is 0 Å². The van der Waals surface area contributed by atoms with Crippen molar-refractivity contribution in [2.75, 3.05) is 30.6 Å². The second kappa shape index (κ2) is 12.3. The van der Waals surface area contributed by atoms with E-state index in [1.165, 1.54) is 19.1 Å². The zero-order valence-electron chi connectivity index (χ0n) is 24.0. The third-order valence-corrected chi connectivity index (χ3v) is 7.32. The van der Waals surface area contributed by atoms with Crippen LogP contribution in [0.4, 0.5) is 25.0 Å². The standard InChI is InChI=1S/C29H32BF2N6O4/c1-17(33)21(10-30-2)22-8-23-19(12-34-22)15-38(28-26(31)24(40-3)9-25(41-4)27(28)32)29(39)37(23)14-18-11-35-36(13-18)16-20-6-5-7-42-20/h8-13,20,33H,5-7,14-16H2,1-4H3/b21-10+,33-17?. The first-order chi connectivity index (χ1) is 20.2. The van der Waals surface area contributed by atoms with Gasteiger partial charge in [0.1, 0.15) is 13.0 Å². The third-order valence-electron chi connectivity index (χ3n) is 7.32. The molecule has 5 rings (SSSR count). The summed E-state index contributed by atoms with van der Waals surface area (Å²) in [5.74, 6) is -0.788. The van der Waals surface area contributed by atoms with E-state index >= 15 is 8.78 Å². The highest BCUT2D eigenvalue weighted by Gasteiger charge is 2.37. The number of benzene rings is 1. The van der Waals surface area contributed by atoms with Gasteiger partial charge < -0.3 is 19.6 Å². The molecule has 1 atom stereocenters. The van der Waals surface area contributed by atoms with E-state index in [4.69, 9.17) is 19.6 Å². The van der Waals surface area contributed by atoms with Gasteiger partial charge in [-0.2, -0.15) is 5.10 Å². The van der Waals surface area contributed by atoms with E-state index in [2.05, 4.69) is 10.1 Å². The second-order valence-electron chi connectivity index (χ2n) is 10.2. The van der Waals surface area contributed by atoms with Gasteiger partial charge in [-0.1, -0.05) is 6.82 Å². The molecule has 4 heterocycles. The van der Waals surface area contributed by atoms with Crippen LogP contribution < -0.4 is 19.3 Å². The Kier molecular flexibility index (Phi) is 8.57. The summed E-state index contributed by atoms with van der Waals surface area (Å²) in [5, 5.41) is 12.7. The smallest absolute Gasteiger partial charge is 0.329 e. The van der Waals surface area contributed by atoms with Crippen LogP contribution in [0.2, 0.25) is 6.82 Å². The molecule has 1 unspecified atom stereocenters. The van der Waals surface area contributed by atoms with E-state index in [-0.39, 0.29) is 30.7 Å². The molecule has 2 aliphatic heterocycles. The minimum atomic E-state index is -1.02. The van der Waals surface area contributed by atoms with Crippen molar-refractivity contribution in [3.8, 4) is 11.5 Å². The van der Waals surface area contributed by atoms with Crippen LogP contribution in [0.1, 0.15) is 36.6 Å². The molecule has 1 N–H and O–H groups in total. The molecule has 2 aliphatic rings.